The molecule has 28 heavy (non-hydrogen) atoms. The Labute approximate surface area is 167 Å². The second-order valence-corrected chi connectivity index (χ2v) is 7.09. The van der Waals surface area contributed by atoms with E-state index in [0.29, 0.717) is 30.2 Å². The smallest absolute Gasteiger partial charge is 0.166 e. The Hall–Kier alpha value is -2.33. The highest BCUT2D eigenvalue weighted by atomic mass is 19.1. The topological polar surface area (TPSA) is 30.5 Å². The monoisotopic (exact) mass is 383 g/mol. The van der Waals surface area contributed by atoms with Crippen LogP contribution in [0.5, 0.6) is 11.5 Å². The molecule has 0 spiro atoms. The Morgan fingerprint density at radius 2 is 1.86 bits per heavy atom. The molecule has 2 aromatic rings. The van der Waals surface area contributed by atoms with Crippen LogP contribution >= 0.6 is 0 Å². The summed E-state index contributed by atoms with van der Waals surface area (Å²) in [6, 6.07) is 12.6. The highest BCUT2D eigenvalue weighted by Crippen LogP contribution is 2.32. The molecule has 0 fully saturated rings. The van der Waals surface area contributed by atoms with E-state index in [-0.39, 0.29) is 12.4 Å². The molecule has 0 amide bonds. The number of hydrogen-bond donors (Lipinski definition) is 1. The van der Waals surface area contributed by atoms with E-state index in [1.165, 1.54) is 31.7 Å². The summed E-state index contributed by atoms with van der Waals surface area (Å²) in [5.41, 5.74) is 3.13. The van der Waals surface area contributed by atoms with Crippen molar-refractivity contribution in [3.8, 4) is 11.5 Å². The van der Waals surface area contributed by atoms with E-state index in [0.717, 1.165) is 18.5 Å². The number of benzene rings is 2. The minimum Gasteiger partial charge on any atom is -0.490 e. The standard InChI is InChI=1S/C24H30FNO2/c1-2-27-23-14-8-12-20(17-26-16-15-19-9-4-3-5-10-19)24(23)28-18-21-11-6-7-13-22(21)25/h6-9,11-14,26H,2-5,10,15-18H2,1H3. The van der Waals surface area contributed by atoms with Gasteiger partial charge in [0, 0.05) is 17.7 Å². The third kappa shape index (κ3) is 5.83. The van der Waals surface area contributed by atoms with Crippen molar-refractivity contribution in [1.29, 1.82) is 0 Å². The maximum atomic E-state index is 13.9. The second-order valence-electron chi connectivity index (χ2n) is 7.09. The van der Waals surface area contributed by atoms with Crippen molar-refractivity contribution in [1.82, 2.24) is 5.32 Å². The first-order valence-corrected chi connectivity index (χ1v) is 10.3. The number of ether oxygens (including phenoxy) is 2. The van der Waals surface area contributed by atoms with Crippen LogP contribution in [0.1, 0.15) is 50.2 Å². The SMILES string of the molecule is CCOc1cccc(CNCCC2=CCCCC2)c1OCc1ccccc1F. The van der Waals surface area contributed by atoms with E-state index < -0.39 is 0 Å². The van der Waals surface area contributed by atoms with Crippen LogP contribution < -0.4 is 14.8 Å². The molecule has 0 heterocycles. The fourth-order valence-electron chi connectivity index (χ4n) is 3.50. The average molecular weight is 384 g/mol. The molecule has 1 aliphatic rings. The zero-order valence-electron chi connectivity index (χ0n) is 16.7. The molecule has 0 radical (unpaired) electrons. The van der Waals surface area contributed by atoms with Crippen molar-refractivity contribution in [2.75, 3.05) is 13.2 Å². The van der Waals surface area contributed by atoms with Crippen LogP contribution in [0, 0.1) is 5.82 Å². The van der Waals surface area contributed by atoms with Crippen molar-refractivity contribution < 1.29 is 13.9 Å². The normalized spacial score (nSPS) is 13.9. The maximum absolute atomic E-state index is 13.9. The van der Waals surface area contributed by atoms with Crippen LogP contribution in [-0.4, -0.2) is 13.2 Å². The van der Waals surface area contributed by atoms with Gasteiger partial charge in [-0.1, -0.05) is 42.0 Å². The molecule has 2 aromatic carbocycles. The summed E-state index contributed by atoms with van der Waals surface area (Å²) in [6.45, 7) is 4.32. The molecular formula is C24H30FNO2. The Bertz CT molecular complexity index is 788. The Kier molecular flexibility index (Phi) is 7.92. The molecule has 0 unspecified atom stereocenters. The molecule has 0 saturated heterocycles. The first-order valence-electron chi connectivity index (χ1n) is 10.3. The van der Waals surface area contributed by atoms with E-state index in [2.05, 4.69) is 11.4 Å². The highest BCUT2D eigenvalue weighted by molar-refractivity contribution is 5.46. The van der Waals surface area contributed by atoms with Gasteiger partial charge >= 0.3 is 0 Å². The molecule has 0 aliphatic heterocycles. The molecular weight excluding hydrogens is 353 g/mol. The number of halogens is 1. The molecule has 4 heteroatoms. The number of nitrogens with one attached hydrogen (secondary N) is 1. The summed E-state index contributed by atoms with van der Waals surface area (Å²) in [6.07, 6.45) is 8.58. The molecule has 3 nitrogen and oxygen atoms in total. The predicted octanol–water partition coefficient (Wildman–Crippen LogP) is 5.78. The van der Waals surface area contributed by atoms with Crippen molar-refractivity contribution in [3.63, 3.8) is 0 Å². The molecule has 150 valence electrons. The molecule has 0 bridgehead atoms. The van der Waals surface area contributed by atoms with Gasteiger partial charge in [-0.15, -0.1) is 0 Å². The van der Waals surface area contributed by atoms with Crippen LogP contribution in [0.2, 0.25) is 0 Å². The molecule has 1 N–H and O–H groups in total. The van der Waals surface area contributed by atoms with Crippen LogP contribution in [0.3, 0.4) is 0 Å². The third-order valence-electron chi connectivity index (χ3n) is 5.01. The Morgan fingerprint density at radius 3 is 2.64 bits per heavy atom. The molecule has 1 aliphatic carbocycles. The molecule has 0 atom stereocenters. The minimum absolute atomic E-state index is 0.177. The largest absolute Gasteiger partial charge is 0.490 e. The van der Waals surface area contributed by atoms with Gasteiger partial charge in [0.1, 0.15) is 12.4 Å². The van der Waals surface area contributed by atoms with E-state index in [4.69, 9.17) is 9.47 Å². The summed E-state index contributed by atoms with van der Waals surface area (Å²) >= 11 is 0. The zero-order valence-corrected chi connectivity index (χ0v) is 16.7. The summed E-state index contributed by atoms with van der Waals surface area (Å²) in [5, 5.41) is 3.52. The lowest BCUT2D eigenvalue weighted by Gasteiger charge is -2.17. The van der Waals surface area contributed by atoms with Crippen molar-refractivity contribution in [2.45, 2.75) is 52.2 Å². The fraction of sp³-hybridized carbons (Fsp3) is 0.417. The maximum Gasteiger partial charge on any atom is 0.166 e. The number of rotatable bonds is 10. The van der Waals surface area contributed by atoms with Gasteiger partial charge in [-0.05, 0) is 57.7 Å². The summed E-state index contributed by atoms with van der Waals surface area (Å²) in [5.74, 6) is 1.14. The fourth-order valence-corrected chi connectivity index (χ4v) is 3.50. The Morgan fingerprint density at radius 1 is 1.00 bits per heavy atom. The first kappa shape index (κ1) is 20.4. The van der Waals surface area contributed by atoms with Gasteiger partial charge in [-0.3, -0.25) is 0 Å². The van der Waals surface area contributed by atoms with E-state index in [1.54, 1.807) is 17.7 Å². The number of hydrogen-bond acceptors (Lipinski definition) is 3. The second kappa shape index (κ2) is 10.9. The van der Waals surface area contributed by atoms with Gasteiger partial charge in [0.2, 0.25) is 0 Å². The number of allylic oxidation sites excluding steroid dienone is 1. The lowest BCUT2D eigenvalue weighted by atomic mass is 9.97. The average Bonchev–Trinajstić information content (AvgIpc) is 2.73. The van der Waals surface area contributed by atoms with Crippen molar-refractivity contribution in [2.24, 2.45) is 0 Å². The van der Waals surface area contributed by atoms with Gasteiger partial charge in [-0.25, -0.2) is 4.39 Å². The first-order chi connectivity index (χ1) is 13.8. The van der Waals surface area contributed by atoms with Gasteiger partial charge in [0.25, 0.3) is 0 Å². The molecule has 0 saturated carbocycles. The minimum atomic E-state index is -0.253. The van der Waals surface area contributed by atoms with Gasteiger partial charge < -0.3 is 14.8 Å². The van der Waals surface area contributed by atoms with Crippen molar-refractivity contribution in [3.05, 3.63) is 71.1 Å². The lowest BCUT2D eigenvalue weighted by Crippen LogP contribution is -2.17. The van der Waals surface area contributed by atoms with Crippen LogP contribution in [0.4, 0.5) is 4.39 Å². The highest BCUT2D eigenvalue weighted by Gasteiger charge is 2.13. The predicted molar refractivity (Wildman–Crippen MR) is 111 cm³/mol. The van der Waals surface area contributed by atoms with E-state index in [1.807, 2.05) is 31.2 Å². The van der Waals surface area contributed by atoms with E-state index in [9.17, 15) is 4.39 Å². The lowest BCUT2D eigenvalue weighted by molar-refractivity contribution is 0.262. The van der Waals surface area contributed by atoms with Crippen molar-refractivity contribution >= 4 is 0 Å². The zero-order chi connectivity index (χ0) is 19.6. The van der Waals surface area contributed by atoms with Gasteiger partial charge in [-0.2, -0.15) is 0 Å². The summed E-state index contributed by atoms with van der Waals surface area (Å²) in [4.78, 5) is 0. The summed E-state index contributed by atoms with van der Waals surface area (Å²) < 4.78 is 25.7. The van der Waals surface area contributed by atoms with Crippen LogP contribution in [-0.2, 0) is 13.2 Å². The quantitative estimate of drug-likeness (QED) is 0.416. The molecule has 3 rings (SSSR count). The Balaban J connectivity index is 1.63. The van der Waals surface area contributed by atoms with E-state index >= 15 is 0 Å². The van der Waals surface area contributed by atoms with Crippen LogP contribution in [0.25, 0.3) is 0 Å². The number of para-hydroxylation sites is 1. The summed E-state index contributed by atoms with van der Waals surface area (Å²) in [7, 11) is 0. The molecule has 0 aromatic heterocycles. The third-order valence-corrected chi connectivity index (χ3v) is 5.01. The van der Waals surface area contributed by atoms with Gasteiger partial charge in [0.05, 0.1) is 6.61 Å². The van der Waals surface area contributed by atoms with Gasteiger partial charge in [0.15, 0.2) is 11.5 Å². The van der Waals surface area contributed by atoms with Crippen LogP contribution in [0.15, 0.2) is 54.1 Å².